The molecule has 1 aromatic heterocycles. The van der Waals surface area contributed by atoms with Gasteiger partial charge in [0.05, 0.1) is 32.1 Å². The number of ether oxygens (including phenoxy) is 3. The summed E-state index contributed by atoms with van der Waals surface area (Å²) < 4.78 is 14.6. The van der Waals surface area contributed by atoms with Crippen molar-refractivity contribution < 1.29 is 33.4 Å². The molecule has 0 aliphatic carbocycles. The van der Waals surface area contributed by atoms with Crippen molar-refractivity contribution in [3.63, 3.8) is 0 Å². The monoisotopic (exact) mass is 466 g/mol. The van der Waals surface area contributed by atoms with Crippen molar-refractivity contribution in [2.45, 2.75) is 18.7 Å². The Morgan fingerprint density at radius 3 is 2.35 bits per heavy atom. The minimum atomic E-state index is -0.958. The van der Waals surface area contributed by atoms with Gasteiger partial charge < -0.3 is 19.5 Å². The highest BCUT2D eigenvalue weighted by molar-refractivity contribution is 8.00. The lowest BCUT2D eigenvalue weighted by molar-refractivity contribution is -0.113. The molecule has 0 aliphatic heterocycles. The number of esters is 1. The molecular formula is C20H22N2O7S2. The van der Waals surface area contributed by atoms with E-state index in [4.69, 9.17) is 9.47 Å². The van der Waals surface area contributed by atoms with Crippen LogP contribution in [0, 0.1) is 6.92 Å². The predicted molar refractivity (Wildman–Crippen MR) is 117 cm³/mol. The van der Waals surface area contributed by atoms with E-state index in [1.165, 1.54) is 18.7 Å². The maximum atomic E-state index is 12.5. The fourth-order valence-corrected chi connectivity index (χ4v) is 4.27. The molecular weight excluding hydrogens is 444 g/mol. The summed E-state index contributed by atoms with van der Waals surface area (Å²) in [4.78, 5) is 49.7. The van der Waals surface area contributed by atoms with E-state index < -0.39 is 18.0 Å². The number of nitrogens with one attached hydrogen (secondary N) is 2. The standard InChI is InChI=1S/C20H22N2O7S2/c1-5-29-19(25)16-11(2)15(17(24)22-20(26)28-4)18(31-16)21-14(23)10-30-13-8-6-12(27-3)7-9-13/h6-9H,5,10H2,1-4H3,(H,21,23)(H,22,24,26). The summed E-state index contributed by atoms with van der Waals surface area (Å²) in [6, 6.07) is 7.20. The van der Waals surface area contributed by atoms with E-state index in [0.29, 0.717) is 11.3 Å². The number of alkyl carbamates (subject to hydrolysis) is 1. The molecule has 0 radical (unpaired) electrons. The average Bonchev–Trinajstić information content (AvgIpc) is 3.08. The van der Waals surface area contributed by atoms with E-state index in [9.17, 15) is 19.2 Å². The van der Waals surface area contributed by atoms with Crippen molar-refractivity contribution in [3.8, 4) is 5.75 Å². The first-order valence-corrected chi connectivity index (χ1v) is 10.9. The summed E-state index contributed by atoms with van der Waals surface area (Å²) in [6.07, 6.45) is -0.958. The molecule has 11 heteroatoms. The second-order valence-corrected chi connectivity index (χ2v) is 8.01. The van der Waals surface area contributed by atoms with Gasteiger partial charge in [-0.3, -0.25) is 14.9 Å². The lowest BCUT2D eigenvalue weighted by Gasteiger charge is -2.08. The molecule has 0 saturated carbocycles. The Bertz CT molecular complexity index is 971. The summed E-state index contributed by atoms with van der Waals surface area (Å²) in [5.41, 5.74) is 0.296. The Kier molecular flexibility index (Phi) is 8.88. The number of imide groups is 1. The number of thiophene rings is 1. The number of carbonyl (C=O) groups is 4. The van der Waals surface area contributed by atoms with Gasteiger partial charge in [-0.25, -0.2) is 9.59 Å². The van der Waals surface area contributed by atoms with Crippen LogP contribution in [0.25, 0.3) is 0 Å². The highest BCUT2D eigenvalue weighted by Gasteiger charge is 2.27. The van der Waals surface area contributed by atoms with Crippen LogP contribution >= 0.6 is 23.1 Å². The first-order chi connectivity index (χ1) is 14.8. The summed E-state index contributed by atoms with van der Waals surface area (Å²) in [5, 5.41) is 4.83. The second-order valence-electron chi connectivity index (χ2n) is 5.94. The number of anilines is 1. The molecule has 1 heterocycles. The Balaban J connectivity index is 2.20. The van der Waals surface area contributed by atoms with Crippen LogP contribution in [0.4, 0.5) is 9.80 Å². The second kappa shape index (κ2) is 11.4. The first kappa shape index (κ1) is 24.2. The van der Waals surface area contributed by atoms with Crippen molar-refractivity contribution in [2.24, 2.45) is 0 Å². The zero-order chi connectivity index (χ0) is 23.0. The molecule has 0 aliphatic rings. The van der Waals surface area contributed by atoms with Gasteiger partial charge in [0.1, 0.15) is 15.6 Å². The van der Waals surface area contributed by atoms with E-state index in [-0.39, 0.29) is 33.7 Å². The Hall–Kier alpha value is -3.05. The van der Waals surface area contributed by atoms with Crippen LogP contribution in [0.5, 0.6) is 5.75 Å². The SMILES string of the molecule is CCOC(=O)c1sc(NC(=O)CSc2ccc(OC)cc2)c(C(=O)NC(=O)OC)c1C. The Morgan fingerprint density at radius 2 is 1.77 bits per heavy atom. The van der Waals surface area contributed by atoms with Gasteiger partial charge in [-0.15, -0.1) is 23.1 Å². The number of methoxy groups -OCH3 is 2. The zero-order valence-corrected chi connectivity index (χ0v) is 19.0. The topological polar surface area (TPSA) is 120 Å². The number of carbonyl (C=O) groups excluding carboxylic acids is 4. The van der Waals surface area contributed by atoms with Crippen molar-refractivity contribution in [3.05, 3.63) is 40.3 Å². The molecule has 0 bridgehead atoms. The number of hydrogen-bond donors (Lipinski definition) is 2. The van der Waals surface area contributed by atoms with Crippen molar-refractivity contribution in [1.82, 2.24) is 5.32 Å². The highest BCUT2D eigenvalue weighted by Crippen LogP contribution is 2.34. The minimum Gasteiger partial charge on any atom is -0.497 e. The van der Waals surface area contributed by atoms with Gasteiger partial charge >= 0.3 is 12.1 Å². The summed E-state index contributed by atoms with van der Waals surface area (Å²) in [6.45, 7) is 3.35. The molecule has 9 nitrogen and oxygen atoms in total. The van der Waals surface area contributed by atoms with Crippen molar-refractivity contribution in [1.29, 1.82) is 0 Å². The van der Waals surface area contributed by atoms with Gasteiger partial charge in [-0.2, -0.15) is 0 Å². The highest BCUT2D eigenvalue weighted by atomic mass is 32.2. The van der Waals surface area contributed by atoms with E-state index >= 15 is 0 Å². The van der Waals surface area contributed by atoms with E-state index in [1.54, 1.807) is 26.2 Å². The predicted octanol–water partition coefficient (Wildman–Crippen LogP) is 3.47. The number of amides is 3. The number of rotatable bonds is 8. The van der Waals surface area contributed by atoms with Crippen LogP contribution in [0.2, 0.25) is 0 Å². The normalized spacial score (nSPS) is 10.2. The molecule has 2 N–H and O–H groups in total. The van der Waals surface area contributed by atoms with Crippen LogP contribution in [0.1, 0.15) is 32.5 Å². The number of benzene rings is 1. The van der Waals surface area contributed by atoms with Crippen LogP contribution in [0.3, 0.4) is 0 Å². The molecule has 0 atom stereocenters. The first-order valence-electron chi connectivity index (χ1n) is 9.07. The van der Waals surface area contributed by atoms with Crippen LogP contribution in [-0.4, -0.2) is 50.5 Å². The fraction of sp³-hybridized carbons (Fsp3) is 0.300. The molecule has 3 amide bonds. The van der Waals surface area contributed by atoms with Crippen molar-refractivity contribution in [2.75, 3.05) is 31.9 Å². The van der Waals surface area contributed by atoms with Crippen LogP contribution in [-0.2, 0) is 14.3 Å². The van der Waals surface area contributed by atoms with Gasteiger partial charge in [0, 0.05) is 4.90 Å². The van der Waals surface area contributed by atoms with Gasteiger partial charge in [-0.05, 0) is 43.7 Å². The van der Waals surface area contributed by atoms with Crippen molar-refractivity contribution >= 4 is 52.0 Å². The van der Waals surface area contributed by atoms with Gasteiger partial charge in [0.25, 0.3) is 5.91 Å². The summed E-state index contributed by atoms with van der Waals surface area (Å²) in [5.74, 6) is -1.03. The molecule has 166 valence electrons. The molecule has 1 aromatic carbocycles. The third kappa shape index (κ3) is 6.46. The fourth-order valence-electron chi connectivity index (χ4n) is 2.46. The van der Waals surface area contributed by atoms with Gasteiger partial charge in [0.2, 0.25) is 5.91 Å². The molecule has 31 heavy (non-hydrogen) atoms. The van der Waals surface area contributed by atoms with Crippen LogP contribution < -0.4 is 15.4 Å². The zero-order valence-electron chi connectivity index (χ0n) is 17.4. The third-order valence-corrected chi connectivity index (χ3v) is 6.12. The minimum absolute atomic E-state index is 0.00116. The molecule has 2 aromatic rings. The van der Waals surface area contributed by atoms with E-state index in [2.05, 4.69) is 10.1 Å². The molecule has 0 saturated heterocycles. The largest absolute Gasteiger partial charge is 0.497 e. The van der Waals surface area contributed by atoms with Crippen LogP contribution in [0.15, 0.2) is 29.2 Å². The Labute approximate surface area is 187 Å². The quantitative estimate of drug-likeness (QED) is 0.448. The summed E-state index contributed by atoms with van der Waals surface area (Å²) in [7, 11) is 2.68. The van der Waals surface area contributed by atoms with E-state index in [1.807, 2.05) is 17.4 Å². The lowest BCUT2D eigenvalue weighted by atomic mass is 10.1. The number of hydrogen-bond acceptors (Lipinski definition) is 9. The summed E-state index contributed by atoms with van der Waals surface area (Å²) >= 11 is 2.20. The maximum absolute atomic E-state index is 12.5. The lowest BCUT2D eigenvalue weighted by Crippen LogP contribution is -2.31. The maximum Gasteiger partial charge on any atom is 0.413 e. The molecule has 0 unspecified atom stereocenters. The smallest absolute Gasteiger partial charge is 0.413 e. The molecule has 0 fully saturated rings. The Morgan fingerprint density at radius 1 is 1.10 bits per heavy atom. The molecule has 2 rings (SSSR count). The van der Waals surface area contributed by atoms with E-state index in [0.717, 1.165) is 23.3 Å². The molecule has 0 spiro atoms. The van der Waals surface area contributed by atoms with Gasteiger partial charge in [0.15, 0.2) is 0 Å². The van der Waals surface area contributed by atoms with Gasteiger partial charge in [-0.1, -0.05) is 0 Å². The number of thioether (sulfide) groups is 1. The average molecular weight is 467 g/mol. The third-order valence-electron chi connectivity index (χ3n) is 3.92.